The Balaban J connectivity index is 0. The largest absolute Gasteiger partial charge is 0.255 e. The van der Waals surface area contributed by atoms with Crippen molar-refractivity contribution < 1.29 is 10.5 Å². The van der Waals surface area contributed by atoms with E-state index in [-0.39, 0.29) is 0 Å². The third-order valence-corrected chi connectivity index (χ3v) is 0. The van der Waals surface area contributed by atoms with Crippen molar-refractivity contribution in [2.45, 2.75) is 6.82 Å². The summed E-state index contributed by atoms with van der Waals surface area (Å²) in [7, 11) is 4.50. The Morgan fingerprint density at radius 2 is 1.25 bits per heavy atom. The van der Waals surface area contributed by atoms with E-state index in [9.17, 15) is 0 Å². The second kappa shape index (κ2) is 51800. The Morgan fingerprint density at radius 1 is 1.25 bits per heavy atom. The van der Waals surface area contributed by atoms with Crippen LogP contribution in [0.1, 0.15) is 0 Å². The van der Waals surface area contributed by atoms with Gasteiger partial charge >= 0.3 is 0 Å². The highest BCUT2D eigenvalue weighted by Crippen LogP contribution is 0.960. The van der Waals surface area contributed by atoms with E-state index >= 15 is 0 Å². The molecule has 0 spiro atoms. The zero-order valence-corrected chi connectivity index (χ0v) is 2.47. The van der Waals surface area contributed by atoms with Crippen molar-refractivity contribution in [2.75, 3.05) is 0 Å². The van der Waals surface area contributed by atoms with Gasteiger partial charge in [-0.2, -0.15) is 0 Å². The van der Waals surface area contributed by atoms with Crippen molar-refractivity contribution in [3.05, 3.63) is 0 Å². The maximum Gasteiger partial charge on any atom is 0.0606 e. The lowest BCUT2D eigenvalue weighted by Gasteiger charge is -1.25. The van der Waals surface area contributed by atoms with E-state index in [1.165, 1.54) is 6.82 Å². The highest BCUT2D eigenvalue weighted by Gasteiger charge is 0.984. The molecule has 0 bridgehead atoms. The van der Waals surface area contributed by atoms with Gasteiger partial charge in [0.2, 0.25) is 0 Å². The second-order valence-corrected chi connectivity index (χ2v) is 0. The molecule has 0 amide bonds. The van der Waals surface area contributed by atoms with Gasteiger partial charge in [0.25, 0.3) is 0 Å². The standard InChI is InChI=1S/CH3B.H2O2/c2*1-2/h1H3;1-2H. The maximum absolute atomic E-state index is 6.00. The molecule has 0 aromatic carbocycles. The Morgan fingerprint density at radius 3 is 1.25 bits per heavy atom. The molecule has 0 aromatic rings. The van der Waals surface area contributed by atoms with Gasteiger partial charge in [-0.1, -0.05) is 6.82 Å². The molecule has 2 nitrogen and oxygen atoms in total. The third-order valence-electron chi connectivity index (χ3n) is 0. The SMILES string of the molecule is OO.[B]C. The molecule has 24 valence electrons. The number of hydrogen-bond donors (Lipinski definition) is 2. The quantitative estimate of drug-likeness (QED) is 0.238. The molecular weight excluding hydrogens is 54.8 g/mol. The van der Waals surface area contributed by atoms with Gasteiger partial charge in [-0.15, -0.1) is 0 Å². The van der Waals surface area contributed by atoms with Crippen LogP contribution >= 0.6 is 0 Å². The number of hydrogen-bond acceptors (Lipinski definition) is 2. The summed E-state index contributed by atoms with van der Waals surface area (Å²) in [4.78, 5) is 0. The zero-order valence-electron chi connectivity index (χ0n) is 2.47. The lowest BCUT2D eigenvalue weighted by atomic mass is 10.2. The summed E-state index contributed by atoms with van der Waals surface area (Å²) in [6.45, 7) is 1.50. The van der Waals surface area contributed by atoms with Crippen LogP contribution in [0, 0.1) is 0 Å². The van der Waals surface area contributed by atoms with Crippen LogP contribution in [0.25, 0.3) is 0 Å². The highest BCUT2D eigenvalue weighted by molar-refractivity contribution is 6.05. The van der Waals surface area contributed by atoms with Crippen molar-refractivity contribution >= 4 is 7.85 Å². The van der Waals surface area contributed by atoms with Crippen LogP contribution in [0.15, 0.2) is 0 Å². The summed E-state index contributed by atoms with van der Waals surface area (Å²) >= 11 is 0. The van der Waals surface area contributed by atoms with Gasteiger partial charge in [0.15, 0.2) is 0 Å². The van der Waals surface area contributed by atoms with Crippen LogP contribution in [0.3, 0.4) is 0 Å². The fourth-order valence-corrected chi connectivity index (χ4v) is 0. The topological polar surface area (TPSA) is 40.5 Å². The molecule has 0 heterocycles. The lowest BCUT2D eigenvalue weighted by molar-refractivity contribution is -0.176. The first-order valence-corrected chi connectivity index (χ1v) is 0.777. The summed E-state index contributed by atoms with van der Waals surface area (Å²) in [6.07, 6.45) is 0. The van der Waals surface area contributed by atoms with Crippen LogP contribution in [0.2, 0.25) is 6.82 Å². The minimum absolute atomic E-state index is 1.50. The molecule has 0 saturated carbocycles. The molecule has 4 heavy (non-hydrogen) atoms. The molecule has 0 rings (SSSR count). The van der Waals surface area contributed by atoms with E-state index in [0.29, 0.717) is 0 Å². The van der Waals surface area contributed by atoms with Gasteiger partial charge in [-0.25, -0.2) is 0 Å². The van der Waals surface area contributed by atoms with Crippen molar-refractivity contribution in [3.63, 3.8) is 0 Å². The second-order valence-electron chi connectivity index (χ2n) is 0. The Kier molecular flexibility index (Phi) is 117000. The molecule has 0 aliphatic heterocycles. The lowest BCUT2D eigenvalue weighted by Crippen LogP contribution is -1.29. The molecule has 0 unspecified atom stereocenters. The smallest absolute Gasteiger partial charge is 0.0606 e. The molecule has 0 aliphatic carbocycles. The van der Waals surface area contributed by atoms with Crippen molar-refractivity contribution in [1.82, 2.24) is 0 Å². The summed E-state index contributed by atoms with van der Waals surface area (Å²) in [6, 6.07) is 0. The first-order chi connectivity index (χ1) is 2.00. The summed E-state index contributed by atoms with van der Waals surface area (Å²) < 4.78 is 0. The average Bonchev–Trinajstić information content (AvgIpc) is 1.50. The molecule has 0 saturated heterocycles. The summed E-state index contributed by atoms with van der Waals surface area (Å²) in [5.74, 6) is 0. The van der Waals surface area contributed by atoms with Gasteiger partial charge in [-0.3, -0.25) is 10.5 Å². The van der Waals surface area contributed by atoms with E-state index in [4.69, 9.17) is 10.5 Å². The van der Waals surface area contributed by atoms with E-state index in [2.05, 4.69) is 7.85 Å². The Bertz CT molecular complexity index is 6.00. The molecule has 3 heteroatoms. The van der Waals surface area contributed by atoms with E-state index < -0.39 is 0 Å². The first kappa shape index (κ1) is 9.01. The van der Waals surface area contributed by atoms with Crippen LogP contribution in [-0.2, 0) is 0 Å². The fraction of sp³-hybridized carbons (Fsp3) is 1.00. The first-order valence-electron chi connectivity index (χ1n) is 0.777. The van der Waals surface area contributed by atoms with Crippen molar-refractivity contribution in [1.29, 1.82) is 0 Å². The highest BCUT2D eigenvalue weighted by atomic mass is 17.0. The van der Waals surface area contributed by atoms with Gasteiger partial charge in [-0.05, 0) is 0 Å². The van der Waals surface area contributed by atoms with E-state index in [0.717, 1.165) is 0 Å². The number of rotatable bonds is 0. The minimum atomic E-state index is 1.50. The van der Waals surface area contributed by atoms with Crippen LogP contribution in [0.4, 0.5) is 0 Å². The summed E-state index contributed by atoms with van der Waals surface area (Å²) in [5.41, 5.74) is 0. The average molecular weight is 59.9 g/mol. The monoisotopic (exact) mass is 60.0 g/mol. The van der Waals surface area contributed by atoms with Crippen LogP contribution in [-0.4, -0.2) is 18.4 Å². The molecule has 2 N–H and O–H groups in total. The zero-order chi connectivity index (χ0) is 4.00. The van der Waals surface area contributed by atoms with Crippen LogP contribution in [0.5, 0.6) is 0 Å². The molecule has 0 fully saturated rings. The van der Waals surface area contributed by atoms with E-state index in [1.54, 1.807) is 0 Å². The van der Waals surface area contributed by atoms with E-state index in [1.807, 2.05) is 0 Å². The predicted octanol–water partition coefficient (Wildman–Crippen LogP) is 0.220. The van der Waals surface area contributed by atoms with Crippen molar-refractivity contribution in [3.8, 4) is 0 Å². The third kappa shape index (κ3) is 8480. The van der Waals surface area contributed by atoms with Gasteiger partial charge in [0, 0.05) is 0 Å². The predicted molar refractivity (Wildman–Crippen MR) is 16.9 cm³/mol. The summed E-state index contributed by atoms with van der Waals surface area (Å²) in [5, 5.41) is 12.0. The van der Waals surface area contributed by atoms with Gasteiger partial charge < -0.3 is 0 Å². The normalized spacial score (nSPS) is 2.75. The van der Waals surface area contributed by atoms with Gasteiger partial charge in [0.05, 0.1) is 7.85 Å². The fourth-order valence-electron chi connectivity index (χ4n) is 0. The molecule has 0 atom stereocenters. The molecular formula is CH5BO2. The molecule has 2 radical (unpaired) electrons. The Hall–Kier alpha value is -0.0151. The van der Waals surface area contributed by atoms with Crippen LogP contribution < -0.4 is 0 Å². The van der Waals surface area contributed by atoms with Gasteiger partial charge in [0.1, 0.15) is 0 Å². The Labute approximate surface area is 26.4 Å². The maximum atomic E-state index is 6.00. The van der Waals surface area contributed by atoms with Crippen molar-refractivity contribution in [2.24, 2.45) is 0 Å². The molecule has 0 aromatic heterocycles. The minimum Gasteiger partial charge on any atom is -0.255 e. The molecule has 0 aliphatic rings.